The van der Waals surface area contributed by atoms with E-state index >= 15 is 0 Å². The highest BCUT2D eigenvalue weighted by Gasteiger charge is 2.15. The van der Waals surface area contributed by atoms with Crippen LogP contribution in [-0.2, 0) is 6.61 Å². The van der Waals surface area contributed by atoms with E-state index in [9.17, 15) is 13.6 Å². The van der Waals surface area contributed by atoms with Gasteiger partial charge in [-0.1, -0.05) is 6.07 Å². The summed E-state index contributed by atoms with van der Waals surface area (Å²) in [6.45, 7) is -0.200. The molecule has 0 saturated heterocycles. The first kappa shape index (κ1) is 16.9. The van der Waals surface area contributed by atoms with E-state index in [1.54, 1.807) is 34.9 Å². The number of nitrogens with zero attached hydrogens (tertiary/aromatic N) is 2. The number of fused-ring (bicyclic) bond motifs is 1. The van der Waals surface area contributed by atoms with Gasteiger partial charge in [0.2, 0.25) is 0 Å². The Kier molecular flexibility index (Phi) is 4.17. The van der Waals surface area contributed by atoms with Crippen molar-refractivity contribution in [2.24, 2.45) is 0 Å². The Morgan fingerprint density at radius 3 is 2.78 bits per heavy atom. The minimum absolute atomic E-state index is 0.0475. The molecule has 136 valence electrons. The Hall–Kier alpha value is -3.52. The van der Waals surface area contributed by atoms with Crippen LogP contribution in [0.1, 0.15) is 16.2 Å². The lowest BCUT2D eigenvalue weighted by Crippen LogP contribution is -2.13. The summed E-state index contributed by atoms with van der Waals surface area (Å²) in [5.41, 5.74) is 1.01. The van der Waals surface area contributed by atoms with Gasteiger partial charge in [0.05, 0.1) is 5.69 Å². The van der Waals surface area contributed by atoms with E-state index < -0.39 is 17.5 Å². The maximum Gasteiger partial charge on any atom is 0.275 e. The van der Waals surface area contributed by atoms with Crippen molar-refractivity contribution < 1.29 is 23.1 Å². The van der Waals surface area contributed by atoms with E-state index in [1.165, 1.54) is 18.3 Å². The van der Waals surface area contributed by atoms with Gasteiger partial charge < -0.3 is 19.2 Å². The molecule has 0 aliphatic carbocycles. The second-order valence-corrected chi connectivity index (χ2v) is 5.79. The van der Waals surface area contributed by atoms with Crippen LogP contribution in [0.4, 0.5) is 14.5 Å². The number of benzene rings is 1. The number of amides is 1. The molecule has 8 heteroatoms. The first-order valence-corrected chi connectivity index (χ1v) is 7.99. The molecule has 0 bridgehead atoms. The van der Waals surface area contributed by atoms with Gasteiger partial charge in [0.15, 0.2) is 11.6 Å². The van der Waals surface area contributed by atoms with E-state index in [0.717, 1.165) is 11.6 Å². The second kappa shape index (κ2) is 6.65. The predicted octanol–water partition coefficient (Wildman–Crippen LogP) is 3.62. The molecule has 0 aliphatic heterocycles. The summed E-state index contributed by atoms with van der Waals surface area (Å²) in [6, 6.07) is 10.4. The fraction of sp³-hybridized carbons (Fsp3) is 0.0526. The summed E-state index contributed by atoms with van der Waals surface area (Å²) in [5, 5.41) is 11.4. The molecule has 0 fully saturated rings. The maximum atomic E-state index is 13.7. The van der Waals surface area contributed by atoms with Crippen LogP contribution >= 0.6 is 0 Å². The van der Waals surface area contributed by atoms with Gasteiger partial charge >= 0.3 is 0 Å². The summed E-state index contributed by atoms with van der Waals surface area (Å²) in [5.74, 6) is -1.84. The molecule has 0 unspecified atom stereocenters. The number of aliphatic hydroxyl groups excluding tert-OH is 1. The number of carbonyl (C=O) groups excluding carboxylic acids is 1. The van der Waals surface area contributed by atoms with Crippen molar-refractivity contribution in [1.29, 1.82) is 0 Å². The number of halogens is 2. The molecular weight excluding hydrogens is 356 g/mol. The van der Waals surface area contributed by atoms with E-state index in [4.69, 9.17) is 9.52 Å². The molecule has 0 atom stereocenters. The molecular formula is C19H13F2N3O3. The molecule has 0 aliphatic rings. The number of hydrogen-bond acceptors (Lipinski definition) is 4. The number of nitrogens with one attached hydrogen (secondary N) is 1. The standard InChI is InChI=1S/C19H13F2N3O3/c20-13-2-1-3-14(18(13)21)23-19(26)15-9-24-8-11(4-7-17(24)22-15)16-6-5-12(10-25)27-16/h1-9,25H,10H2,(H,23,26). The monoisotopic (exact) mass is 369 g/mol. The first-order valence-electron chi connectivity index (χ1n) is 7.99. The third-order valence-corrected chi connectivity index (χ3v) is 3.99. The molecule has 1 aromatic carbocycles. The van der Waals surface area contributed by atoms with Crippen LogP contribution in [-0.4, -0.2) is 20.4 Å². The summed E-state index contributed by atoms with van der Waals surface area (Å²) < 4.78 is 34.1. The van der Waals surface area contributed by atoms with Crippen LogP contribution in [0.15, 0.2) is 59.3 Å². The number of furan rings is 1. The molecule has 3 aromatic heterocycles. The molecule has 4 rings (SSSR count). The molecule has 4 aromatic rings. The van der Waals surface area contributed by atoms with Crippen molar-refractivity contribution >= 4 is 17.2 Å². The van der Waals surface area contributed by atoms with Crippen LogP contribution in [0.3, 0.4) is 0 Å². The molecule has 3 heterocycles. The Balaban J connectivity index is 1.63. The average Bonchev–Trinajstić information content (AvgIpc) is 3.31. The van der Waals surface area contributed by atoms with E-state index in [2.05, 4.69) is 10.3 Å². The van der Waals surface area contributed by atoms with Gasteiger partial charge in [-0.25, -0.2) is 13.8 Å². The Morgan fingerprint density at radius 2 is 2.00 bits per heavy atom. The predicted molar refractivity (Wildman–Crippen MR) is 93.1 cm³/mol. The van der Waals surface area contributed by atoms with Crippen molar-refractivity contribution in [1.82, 2.24) is 9.38 Å². The first-order chi connectivity index (χ1) is 13.0. The van der Waals surface area contributed by atoms with Gasteiger partial charge in [0, 0.05) is 18.0 Å². The van der Waals surface area contributed by atoms with E-state index in [0.29, 0.717) is 17.2 Å². The zero-order chi connectivity index (χ0) is 19.0. The number of rotatable bonds is 4. The SMILES string of the molecule is O=C(Nc1cccc(F)c1F)c1cn2cc(-c3ccc(CO)o3)ccc2n1. The molecule has 0 saturated carbocycles. The van der Waals surface area contributed by atoms with Crippen LogP contribution in [0.25, 0.3) is 17.0 Å². The largest absolute Gasteiger partial charge is 0.459 e. The molecule has 2 N–H and O–H groups in total. The number of pyridine rings is 1. The highest BCUT2D eigenvalue weighted by Crippen LogP contribution is 2.23. The third-order valence-electron chi connectivity index (χ3n) is 3.99. The zero-order valence-electron chi connectivity index (χ0n) is 13.8. The number of anilines is 1. The molecule has 0 radical (unpaired) electrons. The fourth-order valence-corrected chi connectivity index (χ4v) is 2.65. The van der Waals surface area contributed by atoms with Gasteiger partial charge in [0.1, 0.15) is 29.5 Å². The Bertz CT molecular complexity index is 1150. The van der Waals surface area contributed by atoms with E-state index in [-0.39, 0.29) is 18.0 Å². The Labute approximate surface area is 151 Å². The lowest BCUT2D eigenvalue weighted by atomic mass is 10.2. The van der Waals surface area contributed by atoms with Crippen molar-refractivity contribution in [2.45, 2.75) is 6.61 Å². The second-order valence-electron chi connectivity index (χ2n) is 5.79. The molecule has 1 amide bonds. The van der Waals surface area contributed by atoms with Crippen molar-refractivity contribution in [3.05, 3.63) is 77.9 Å². The number of aromatic nitrogens is 2. The highest BCUT2D eigenvalue weighted by molar-refractivity contribution is 6.03. The van der Waals surface area contributed by atoms with Gasteiger partial charge in [0.25, 0.3) is 5.91 Å². The maximum absolute atomic E-state index is 13.7. The number of aliphatic hydroxyl groups is 1. The van der Waals surface area contributed by atoms with Crippen molar-refractivity contribution in [2.75, 3.05) is 5.32 Å². The van der Waals surface area contributed by atoms with Crippen LogP contribution in [0.2, 0.25) is 0 Å². The van der Waals surface area contributed by atoms with Gasteiger partial charge in [-0.2, -0.15) is 0 Å². The summed E-state index contributed by atoms with van der Waals surface area (Å²) >= 11 is 0. The number of carbonyl (C=O) groups is 1. The third kappa shape index (κ3) is 3.18. The smallest absolute Gasteiger partial charge is 0.275 e. The lowest BCUT2D eigenvalue weighted by molar-refractivity contribution is 0.102. The van der Waals surface area contributed by atoms with Crippen LogP contribution < -0.4 is 5.32 Å². The minimum atomic E-state index is -1.13. The summed E-state index contributed by atoms with van der Waals surface area (Å²) in [7, 11) is 0. The van der Waals surface area contributed by atoms with Gasteiger partial charge in [-0.3, -0.25) is 4.79 Å². The normalized spacial score (nSPS) is 11.1. The zero-order valence-corrected chi connectivity index (χ0v) is 13.8. The van der Waals surface area contributed by atoms with Gasteiger partial charge in [-0.05, 0) is 36.4 Å². The average molecular weight is 369 g/mol. The molecule has 27 heavy (non-hydrogen) atoms. The number of imidazole rings is 1. The van der Waals surface area contributed by atoms with E-state index in [1.807, 2.05) is 0 Å². The van der Waals surface area contributed by atoms with Crippen molar-refractivity contribution in [3.63, 3.8) is 0 Å². The summed E-state index contributed by atoms with van der Waals surface area (Å²) in [4.78, 5) is 16.5. The Morgan fingerprint density at radius 1 is 1.15 bits per heavy atom. The fourth-order valence-electron chi connectivity index (χ4n) is 2.65. The molecule has 0 spiro atoms. The van der Waals surface area contributed by atoms with Crippen LogP contribution in [0, 0.1) is 11.6 Å². The quantitative estimate of drug-likeness (QED) is 0.576. The molecule has 6 nitrogen and oxygen atoms in total. The summed E-state index contributed by atoms with van der Waals surface area (Å²) in [6.07, 6.45) is 3.18. The highest BCUT2D eigenvalue weighted by atomic mass is 19.2. The minimum Gasteiger partial charge on any atom is -0.459 e. The number of hydrogen-bond donors (Lipinski definition) is 2. The lowest BCUT2D eigenvalue weighted by Gasteiger charge is -2.04. The topological polar surface area (TPSA) is 79.8 Å². The van der Waals surface area contributed by atoms with Crippen LogP contribution in [0.5, 0.6) is 0 Å². The van der Waals surface area contributed by atoms with Gasteiger partial charge in [-0.15, -0.1) is 0 Å². The van der Waals surface area contributed by atoms with Crippen molar-refractivity contribution in [3.8, 4) is 11.3 Å².